The summed E-state index contributed by atoms with van der Waals surface area (Å²) >= 11 is 0. The summed E-state index contributed by atoms with van der Waals surface area (Å²) in [6, 6.07) is 5.54. The van der Waals surface area contributed by atoms with Gasteiger partial charge in [-0.25, -0.2) is 13.8 Å². The summed E-state index contributed by atoms with van der Waals surface area (Å²) in [6.45, 7) is 0.514. The third-order valence-corrected chi connectivity index (χ3v) is 3.46. The van der Waals surface area contributed by atoms with E-state index in [0.29, 0.717) is 24.3 Å². The Morgan fingerprint density at radius 3 is 3.14 bits per heavy atom. The van der Waals surface area contributed by atoms with Crippen LogP contribution in [0.25, 0.3) is 0 Å². The van der Waals surface area contributed by atoms with Gasteiger partial charge in [0.15, 0.2) is 5.69 Å². The Kier molecular flexibility index (Phi) is 5.04. The van der Waals surface area contributed by atoms with Crippen LogP contribution < -0.4 is 10.2 Å². The second-order valence-electron chi connectivity index (χ2n) is 4.90. The standard InChI is InChI=1S/C14H16F2N4O/c15-13(16)8-19-14(21)10-3-2-6-20(9-10)12-4-1-5-18-11(12)7-17/h1,4-5,10,13H,2-3,6,8-9H2,(H,19,21). The molecule has 1 aliphatic rings. The van der Waals surface area contributed by atoms with Crippen molar-refractivity contribution in [2.24, 2.45) is 5.92 Å². The SMILES string of the molecule is N#Cc1ncccc1N1CCCC(C(=O)NCC(F)F)C1. The quantitative estimate of drug-likeness (QED) is 0.915. The van der Waals surface area contributed by atoms with Crippen LogP contribution in [0.1, 0.15) is 18.5 Å². The summed E-state index contributed by atoms with van der Waals surface area (Å²) in [6.07, 6.45) is 0.427. The van der Waals surface area contributed by atoms with Gasteiger partial charge in [0.05, 0.1) is 18.2 Å². The van der Waals surface area contributed by atoms with Crippen LogP contribution in [0.5, 0.6) is 0 Å². The van der Waals surface area contributed by atoms with Crippen molar-refractivity contribution < 1.29 is 13.6 Å². The van der Waals surface area contributed by atoms with E-state index in [1.54, 1.807) is 18.3 Å². The third kappa shape index (κ3) is 3.88. The van der Waals surface area contributed by atoms with Gasteiger partial charge in [-0.15, -0.1) is 0 Å². The summed E-state index contributed by atoms with van der Waals surface area (Å²) in [4.78, 5) is 17.8. The minimum Gasteiger partial charge on any atom is -0.368 e. The molecule has 1 saturated heterocycles. The molecule has 5 nitrogen and oxygen atoms in total. The Labute approximate surface area is 121 Å². The maximum atomic E-state index is 12.1. The summed E-state index contributed by atoms with van der Waals surface area (Å²) < 4.78 is 24.3. The molecular formula is C14H16F2N4O. The molecule has 1 aromatic heterocycles. The van der Waals surface area contributed by atoms with Gasteiger partial charge in [0.2, 0.25) is 5.91 Å². The van der Waals surface area contributed by atoms with Gasteiger partial charge >= 0.3 is 0 Å². The molecule has 0 aromatic carbocycles. The van der Waals surface area contributed by atoms with Crippen LogP contribution in [0.2, 0.25) is 0 Å². The van der Waals surface area contributed by atoms with Gasteiger partial charge in [-0.1, -0.05) is 0 Å². The molecule has 0 saturated carbocycles. The van der Waals surface area contributed by atoms with Gasteiger partial charge in [0, 0.05) is 19.3 Å². The highest BCUT2D eigenvalue weighted by Gasteiger charge is 2.27. The molecule has 2 rings (SSSR count). The number of rotatable bonds is 4. The Morgan fingerprint density at radius 1 is 1.62 bits per heavy atom. The molecule has 1 fully saturated rings. The van der Waals surface area contributed by atoms with Gasteiger partial charge < -0.3 is 10.2 Å². The summed E-state index contributed by atoms with van der Waals surface area (Å²) in [7, 11) is 0. The molecule has 7 heteroatoms. The molecule has 0 aliphatic carbocycles. The lowest BCUT2D eigenvalue weighted by Crippen LogP contribution is -2.44. The van der Waals surface area contributed by atoms with E-state index in [0.717, 1.165) is 13.0 Å². The lowest BCUT2D eigenvalue weighted by molar-refractivity contribution is -0.125. The van der Waals surface area contributed by atoms with Crippen LogP contribution in [-0.4, -0.2) is 37.0 Å². The zero-order chi connectivity index (χ0) is 15.2. The van der Waals surface area contributed by atoms with Crippen LogP contribution in [0.15, 0.2) is 18.3 Å². The summed E-state index contributed by atoms with van der Waals surface area (Å²) in [5, 5.41) is 11.3. The first-order valence-electron chi connectivity index (χ1n) is 6.77. The van der Waals surface area contributed by atoms with Crippen molar-refractivity contribution >= 4 is 11.6 Å². The first-order chi connectivity index (χ1) is 10.1. The van der Waals surface area contributed by atoms with Crippen LogP contribution in [0.4, 0.5) is 14.5 Å². The highest BCUT2D eigenvalue weighted by Crippen LogP contribution is 2.25. The highest BCUT2D eigenvalue weighted by atomic mass is 19.3. The van der Waals surface area contributed by atoms with E-state index in [2.05, 4.69) is 10.3 Å². The molecule has 1 atom stereocenters. The number of pyridine rings is 1. The number of halogens is 2. The van der Waals surface area contributed by atoms with E-state index in [-0.39, 0.29) is 11.8 Å². The zero-order valence-electron chi connectivity index (χ0n) is 11.4. The average molecular weight is 294 g/mol. The normalized spacial score (nSPS) is 18.4. The van der Waals surface area contributed by atoms with Crippen molar-refractivity contribution in [2.45, 2.75) is 19.3 Å². The molecule has 0 spiro atoms. The molecule has 1 N–H and O–H groups in total. The van der Waals surface area contributed by atoms with Gasteiger partial charge in [-0.05, 0) is 25.0 Å². The van der Waals surface area contributed by atoms with E-state index < -0.39 is 13.0 Å². The van der Waals surface area contributed by atoms with Crippen LogP contribution in [0.3, 0.4) is 0 Å². The monoisotopic (exact) mass is 294 g/mol. The fraction of sp³-hybridized carbons (Fsp3) is 0.500. The average Bonchev–Trinajstić information content (AvgIpc) is 2.52. The molecular weight excluding hydrogens is 278 g/mol. The smallest absolute Gasteiger partial charge is 0.255 e. The molecule has 112 valence electrons. The number of carbonyl (C=O) groups excluding carboxylic acids is 1. The Hall–Kier alpha value is -2.23. The number of hydrogen-bond acceptors (Lipinski definition) is 4. The molecule has 1 amide bonds. The summed E-state index contributed by atoms with van der Waals surface area (Å²) in [5.41, 5.74) is 0.998. The Balaban J connectivity index is 2.04. The first-order valence-corrected chi connectivity index (χ1v) is 6.77. The molecule has 0 radical (unpaired) electrons. The third-order valence-electron chi connectivity index (χ3n) is 3.46. The lowest BCUT2D eigenvalue weighted by Gasteiger charge is -2.33. The Morgan fingerprint density at radius 2 is 2.43 bits per heavy atom. The predicted octanol–water partition coefficient (Wildman–Crippen LogP) is 1.55. The van der Waals surface area contributed by atoms with E-state index in [4.69, 9.17) is 5.26 Å². The van der Waals surface area contributed by atoms with E-state index >= 15 is 0 Å². The number of aromatic nitrogens is 1. The van der Waals surface area contributed by atoms with Crippen LogP contribution >= 0.6 is 0 Å². The second-order valence-corrected chi connectivity index (χ2v) is 4.90. The van der Waals surface area contributed by atoms with Crippen molar-refractivity contribution in [3.05, 3.63) is 24.0 Å². The van der Waals surface area contributed by atoms with Gasteiger partial charge in [-0.3, -0.25) is 4.79 Å². The Bertz CT molecular complexity index is 544. The van der Waals surface area contributed by atoms with Gasteiger partial charge in [-0.2, -0.15) is 5.26 Å². The summed E-state index contributed by atoms with van der Waals surface area (Å²) in [5.74, 6) is -0.702. The molecule has 1 aliphatic heterocycles. The van der Waals surface area contributed by atoms with E-state index in [1.165, 1.54) is 0 Å². The van der Waals surface area contributed by atoms with Gasteiger partial charge in [0.1, 0.15) is 6.07 Å². The zero-order valence-corrected chi connectivity index (χ0v) is 11.4. The predicted molar refractivity (Wildman–Crippen MR) is 72.9 cm³/mol. The molecule has 2 heterocycles. The number of amides is 1. The number of nitrogens with zero attached hydrogens (tertiary/aromatic N) is 3. The molecule has 21 heavy (non-hydrogen) atoms. The van der Waals surface area contributed by atoms with Crippen molar-refractivity contribution in [3.8, 4) is 6.07 Å². The fourth-order valence-corrected chi connectivity index (χ4v) is 2.47. The molecule has 0 bridgehead atoms. The minimum absolute atomic E-state index is 0.311. The number of nitriles is 1. The molecule has 1 aromatic rings. The second kappa shape index (κ2) is 6.97. The van der Waals surface area contributed by atoms with Gasteiger partial charge in [0.25, 0.3) is 6.43 Å². The number of carbonyl (C=O) groups is 1. The highest BCUT2D eigenvalue weighted by molar-refractivity contribution is 5.79. The van der Waals surface area contributed by atoms with E-state index in [9.17, 15) is 13.6 Å². The number of alkyl halides is 2. The number of piperidine rings is 1. The van der Waals surface area contributed by atoms with Crippen molar-refractivity contribution in [1.29, 1.82) is 5.26 Å². The molecule has 1 unspecified atom stereocenters. The van der Waals surface area contributed by atoms with Crippen molar-refractivity contribution in [1.82, 2.24) is 10.3 Å². The van der Waals surface area contributed by atoms with Crippen LogP contribution in [-0.2, 0) is 4.79 Å². The fourth-order valence-electron chi connectivity index (χ4n) is 2.47. The number of anilines is 1. The topological polar surface area (TPSA) is 69.0 Å². The van der Waals surface area contributed by atoms with Crippen molar-refractivity contribution in [2.75, 3.05) is 24.5 Å². The van der Waals surface area contributed by atoms with Crippen molar-refractivity contribution in [3.63, 3.8) is 0 Å². The maximum absolute atomic E-state index is 12.1. The number of hydrogen-bond donors (Lipinski definition) is 1. The number of nitrogens with one attached hydrogen (secondary N) is 1. The lowest BCUT2D eigenvalue weighted by atomic mass is 9.96. The van der Waals surface area contributed by atoms with Crippen LogP contribution in [0, 0.1) is 17.2 Å². The first kappa shape index (κ1) is 15.2. The maximum Gasteiger partial charge on any atom is 0.255 e. The van der Waals surface area contributed by atoms with E-state index in [1.807, 2.05) is 11.0 Å². The minimum atomic E-state index is -2.54. The largest absolute Gasteiger partial charge is 0.368 e.